The zero-order valence-electron chi connectivity index (χ0n) is 31.2. The Morgan fingerprint density at radius 2 is 0.464 bits per heavy atom. The van der Waals surface area contributed by atoms with Crippen molar-refractivity contribution in [1.82, 2.24) is 0 Å². The van der Waals surface area contributed by atoms with Crippen LogP contribution in [0.15, 0.2) is 109 Å². The standard InChI is InChI=1S/C45H36O6.C4H6.CH4/c1-7-40-19-34-14-29-2-8-43-21-36(29)15-30-3-9-41(20-35(30)13-28(1)34)48-26-49-44-11-5-32-16-37-22-42(47-25-46-40)10-4-31(37)17-38-24-45(51-27-50-43)12-6-33(38)18-39(32)23-44;1-3-4-2;/h1-12,19-24H,13-18,25-27H2;1-2H3;1H4. The van der Waals surface area contributed by atoms with E-state index < -0.39 is 0 Å². The van der Waals surface area contributed by atoms with Gasteiger partial charge in [-0.3, -0.25) is 0 Å². The van der Waals surface area contributed by atoms with Crippen molar-refractivity contribution in [3.63, 3.8) is 0 Å². The molecule has 12 aliphatic heterocycles. The molecule has 0 atom stereocenters. The molecule has 282 valence electrons. The average molecular weight is 743 g/mol. The van der Waals surface area contributed by atoms with E-state index >= 15 is 0 Å². The van der Waals surface area contributed by atoms with Gasteiger partial charge in [-0.15, -0.1) is 11.8 Å². The maximum Gasteiger partial charge on any atom is 0.230 e. The Bertz CT molecular complexity index is 2040. The van der Waals surface area contributed by atoms with Crippen LogP contribution in [-0.4, -0.2) is 20.4 Å². The van der Waals surface area contributed by atoms with Crippen molar-refractivity contribution in [2.45, 2.75) is 59.8 Å². The van der Waals surface area contributed by atoms with Crippen LogP contribution in [-0.2, 0) is 38.5 Å². The molecular weight excluding hydrogens is 697 g/mol. The molecule has 12 heterocycles. The topological polar surface area (TPSA) is 55.4 Å². The molecule has 2 aliphatic carbocycles. The third kappa shape index (κ3) is 7.90. The molecule has 14 aliphatic rings. The average Bonchev–Trinajstić information content (AvgIpc) is 3.30. The smallest absolute Gasteiger partial charge is 0.230 e. The molecule has 6 aromatic rings. The molecule has 0 radical (unpaired) electrons. The fraction of sp³-hybridized carbons (Fsp3) is 0.240. The fourth-order valence-corrected chi connectivity index (χ4v) is 7.90. The summed E-state index contributed by atoms with van der Waals surface area (Å²) in [5.41, 5.74) is 14.8. The van der Waals surface area contributed by atoms with Crippen LogP contribution in [0, 0.1) is 11.8 Å². The lowest BCUT2D eigenvalue weighted by Gasteiger charge is -2.17. The van der Waals surface area contributed by atoms with Gasteiger partial charge in [0.05, 0.1) is 0 Å². The summed E-state index contributed by atoms with van der Waals surface area (Å²) in [4.78, 5) is 0. The molecule has 18 bridgehead atoms. The van der Waals surface area contributed by atoms with Crippen molar-refractivity contribution in [2.75, 3.05) is 20.4 Å². The van der Waals surface area contributed by atoms with Gasteiger partial charge in [-0.2, -0.15) is 0 Å². The van der Waals surface area contributed by atoms with Gasteiger partial charge < -0.3 is 28.4 Å². The van der Waals surface area contributed by atoms with E-state index in [4.69, 9.17) is 28.4 Å². The molecule has 0 saturated heterocycles. The van der Waals surface area contributed by atoms with Crippen LogP contribution in [0.2, 0.25) is 0 Å². The Kier molecular flexibility index (Phi) is 10.6. The highest BCUT2D eigenvalue weighted by Crippen LogP contribution is 2.35. The maximum atomic E-state index is 6.27. The predicted octanol–water partition coefficient (Wildman–Crippen LogP) is 10.4. The van der Waals surface area contributed by atoms with E-state index in [0.29, 0.717) is 0 Å². The van der Waals surface area contributed by atoms with E-state index in [1.807, 2.05) is 13.8 Å². The first kappa shape index (κ1) is 36.6. The Morgan fingerprint density at radius 1 is 0.286 bits per heavy atom. The molecule has 0 unspecified atom stereocenters. The van der Waals surface area contributed by atoms with Crippen LogP contribution in [0.4, 0.5) is 0 Å². The van der Waals surface area contributed by atoms with Crippen molar-refractivity contribution >= 4 is 0 Å². The van der Waals surface area contributed by atoms with Gasteiger partial charge in [-0.1, -0.05) is 43.8 Å². The monoisotopic (exact) mass is 742 g/mol. The highest BCUT2D eigenvalue weighted by molar-refractivity contribution is 5.52. The van der Waals surface area contributed by atoms with E-state index in [0.717, 1.165) is 73.0 Å². The van der Waals surface area contributed by atoms with E-state index in [1.165, 1.54) is 66.8 Å². The Labute approximate surface area is 329 Å². The minimum absolute atomic E-state index is 0. The number of hydrogen-bond donors (Lipinski definition) is 0. The van der Waals surface area contributed by atoms with Gasteiger partial charge in [0.25, 0.3) is 0 Å². The molecule has 0 aromatic heterocycles. The summed E-state index contributed by atoms with van der Waals surface area (Å²) >= 11 is 0. The molecule has 6 aromatic carbocycles. The van der Waals surface area contributed by atoms with Crippen LogP contribution in [0.25, 0.3) is 0 Å². The zero-order valence-corrected chi connectivity index (χ0v) is 31.2. The maximum absolute atomic E-state index is 6.27. The molecule has 0 amide bonds. The summed E-state index contributed by atoms with van der Waals surface area (Å²) in [6, 6.07) is 38.4. The first-order chi connectivity index (χ1) is 27.1. The van der Waals surface area contributed by atoms with Crippen LogP contribution < -0.4 is 28.4 Å². The fourth-order valence-electron chi connectivity index (χ4n) is 7.90. The quantitative estimate of drug-likeness (QED) is 0.144. The van der Waals surface area contributed by atoms with Gasteiger partial charge in [0.15, 0.2) is 0 Å². The van der Waals surface area contributed by atoms with E-state index in [9.17, 15) is 0 Å². The Morgan fingerprint density at radius 3 is 0.625 bits per heavy atom. The highest BCUT2D eigenvalue weighted by atomic mass is 16.7. The normalized spacial score (nSPS) is 14.2. The molecule has 0 spiro atoms. The van der Waals surface area contributed by atoms with Crippen molar-refractivity contribution in [1.29, 1.82) is 0 Å². The van der Waals surface area contributed by atoms with E-state index in [-0.39, 0.29) is 27.8 Å². The van der Waals surface area contributed by atoms with E-state index in [1.54, 1.807) is 0 Å². The molecule has 6 nitrogen and oxygen atoms in total. The lowest BCUT2D eigenvalue weighted by atomic mass is 9.94. The van der Waals surface area contributed by atoms with Crippen molar-refractivity contribution in [3.05, 3.63) is 176 Å². The molecule has 56 heavy (non-hydrogen) atoms. The summed E-state index contributed by atoms with van der Waals surface area (Å²) in [7, 11) is 0. The minimum Gasteiger partial charge on any atom is -0.457 e. The summed E-state index contributed by atoms with van der Waals surface area (Å²) in [6.07, 6.45) is 4.61. The number of rotatable bonds is 0. The molecule has 0 fully saturated rings. The van der Waals surface area contributed by atoms with E-state index in [2.05, 4.69) is 121 Å². The second kappa shape index (κ2) is 16.2. The summed E-state index contributed by atoms with van der Waals surface area (Å²) in [6.45, 7) is 3.97. The SMILES string of the molecule is C.CC#CC.c1cc2c3cc1OCOc1ccc4c(c1)Cc1ccc5cc1Cc1ccc(cc1C4)OCOc1ccc(c(c1)Cc1ccc(cc1C2)OCO5)C3. The van der Waals surface area contributed by atoms with Gasteiger partial charge in [0.2, 0.25) is 20.4 Å². The lowest BCUT2D eigenvalue weighted by Crippen LogP contribution is -2.08. The number of benzene rings is 6. The van der Waals surface area contributed by atoms with Crippen molar-refractivity contribution in [2.24, 2.45) is 0 Å². The lowest BCUT2D eigenvalue weighted by molar-refractivity contribution is 0.119. The number of ether oxygens (including phenoxy) is 6. The van der Waals surface area contributed by atoms with Gasteiger partial charge >= 0.3 is 0 Å². The molecule has 0 saturated carbocycles. The summed E-state index contributed by atoms with van der Waals surface area (Å²) in [5.74, 6) is 10.1. The first-order valence-corrected chi connectivity index (χ1v) is 18.9. The summed E-state index contributed by atoms with van der Waals surface area (Å²) in [5, 5.41) is 0. The second-order valence-electron chi connectivity index (χ2n) is 14.4. The predicted molar refractivity (Wildman–Crippen MR) is 220 cm³/mol. The zero-order chi connectivity index (χ0) is 37.1. The Hall–Kier alpha value is -6.32. The third-order valence-corrected chi connectivity index (χ3v) is 11.0. The number of hydrogen-bond acceptors (Lipinski definition) is 6. The molecule has 6 heteroatoms. The van der Waals surface area contributed by atoms with Crippen LogP contribution >= 0.6 is 0 Å². The molecule has 20 rings (SSSR count). The third-order valence-electron chi connectivity index (χ3n) is 11.0. The van der Waals surface area contributed by atoms with Crippen molar-refractivity contribution in [3.8, 4) is 46.3 Å². The van der Waals surface area contributed by atoms with Crippen LogP contribution in [0.3, 0.4) is 0 Å². The second-order valence-corrected chi connectivity index (χ2v) is 14.4. The highest BCUT2D eigenvalue weighted by Gasteiger charge is 2.20. The molecular formula is C50H46O6. The summed E-state index contributed by atoms with van der Waals surface area (Å²) < 4.78 is 37.6. The molecule has 0 N–H and O–H groups in total. The van der Waals surface area contributed by atoms with Crippen LogP contribution in [0.5, 0.6) is 34.5 Å². The largest absolute Gasteiger partial charge is 0.457 e. The van der Waals surface area contributed by atoms with Gasteiger partial charge in [-0.05, 0) is 192 Å². The minimum atomic E-state index is 0. The Balaban J connectivity index is 0.000000844. The first-order valence-electron chi connectivity index (χ1n) is 18.9. The van der Waals surface area contributed by atoms with Gasteiger partial charge in [-0.25, -0.2) is 0 Å². The van der Waals surface area contributed by atoms with Gasteiger partial charge in [0, 0.05) is 0 Å². The van der Waals surface area contributed by atoms with Crippen LogP contribution in [0.1, 0.15) is 88.0 Å². The van der Waals surface area contributed by atoms with Gasteiger partial charge in [0.1, 0.15) is 34.5 Å². The van der Waals surface area contributed by atoms with Crippen molar-refractivity contribution < 1.29 is 28.4 Å².